The SMILES string of the molecule is CN(c1cc(=O)n(C)cn1)C1CN(c2ccc3nnc(C4CCC4)n3n2)C1. The summed E-state index contributed by atoms with van der Waals surface area (Å²) in [5, 5.41) is 13.4. The van der Waals surface area contributed by atoms with Crippen LogP contribution in [0.3, 0.4) is 0 Å². The third-order valence-electron chi connectivity index (χ3n) is 5.80. The number of aromatic nitrogens is 6. The molecule has 140 valence electrons. The van der Waals surface area contributed by atoms with Crippen LogP contribution < -0.4 is 15.4 Å². The highest BCUT2D eigenvalue weighted by Gasteiger charge is 2.32. The van der Waals surface area contributed by atoms with Crippen LogP contribution in [-0.2, 0) is 7.05 Å². The van der Waals surface area contributed by atoms with Gasteiger partial charge in [-0.05, 0) is 25.0 Å². The third kappa shape index (κ3) is 2.65. The molecule has 2 fully saturated rings. The maximum absolute atomic E-state index is 11.8. The topological polar surface area (TPSA) is 84.5 Å². The van der Waals surface area contributed by atoms with Gasteiger partial charge in [-0.15, -0.1) is 15.3 Å². The van der Waals surface area contributed by atoms with E-state index in [2.05, 4.69) is 25.0 Å². The Balaban J connectivity index is 1.32. The summed E-state index contributed by atoms with van der Waals surface area (Å²) in [7, 11) is 3.68. The molecule has 3 aromatic rings. The van der Waals surface area contributed by atoms with Crippen LogP contribution in [-0.4, -0.2) is 55.5 Å². The van der Waals surface area contributed by atoms with Gasteiger partial charge in [-0.25, -0.2) is 4.98 Å². The minimum atomic E-state index is -0.0497. The molecule has 0 aromatic carbocycles. The molecule has 9 heteroatoms. The lowest BCUT2D eigenvalue weighted by Gasteiger charge is -2.44. The molecule has 0 spiro atoms. The van der Waals surface area contributed by atoms with E-state index in [-0.39, 0.29) is 5.56 Å². The Morgan fingerprint density at radius 3 is 2.70 bits per heavy atom. The van der Waals surface area contributed by atoms with Gasteiger partial charge in [-0.3, -0.25) is 4.79 Å². The lowest BCUT2D eigenvalue weighted by atomic mass is 9.85. The van der Waals surface area contributed by atoms with Crippen molar-refractivity contribution in [2.24, 2.45) is 7.05 Å². The summed E-state index contributed by atoms with van der Waals surface area (Å²) in [5.74, 6) is 3.11. The smallest absolute Gasteiger partial charge is 0.255 e. The van der Waals surface area contributed by atoms with Gasteiger partial charge in [0, 0.05) is 39.2 Å². The van der Waals surface area contributed by atoms with Crippen molar-refractivity contribution >= 4 is 17.3 Å². The minimum absolute atomic E-state index is 0.0497. The molecule has 3 aromatic heterocycles. The van der Waals surface area contributed by atoms with Crippen LogP contribution in [0.5, 0.6) is 0 Å². The summed E-state index contributed by atoms with van der Waals surface area (Å²) in [6.45, 7) is 1.68. The van der Waals surface area contributed by atoms with Crippen molar-refractivity contribution in [3.63, 3.8) is 0 Å². The van der Waals surface area contributed by atoms with Crippen LogP contribution in [0.1, 0.15) is 31.0 Å². The number of hydrogen-bond acceptors (Lipinski definition) is 7. The molecule has 5 rings (SSSR count). The highest BCUT2D eigenvalue weighted by Crippen LogP contribution is 2.35. The van der Waals surface area contributed by atoms with Crippen LogP contribution in [0.2, 0.25) is 0 Å². The zero-order valence-corrected chi connectivity index (χ0v) is 15.5. The van der Waals surface area contributed by atoms with Crippen LogP contribution in [0, 0.1) is 0 Å². The van der Waals surface area contributed by atoms with E-state index in [0.29, 0.717) is 17.8 Å². The maximum Gasteiger partial charge on any atom is 0.255 e. The van der Waals surface area contributed by atoms with Crippen molar-refractivity contribution in [3.8, 4) is 0 Å². The van der Waals surface area contributed by atoms with E-state index in [1.807, 2.05) is 23.7 Å². The first-order valence-corrected chi connectivity index (χ1v) is 9.33. The van der Waals surface area contributed by atoms with Crippen LogP contribution in [0.15, 0.2) is 29.3 Å². The predicted molar refractivity (Wildman–Crippen MR) is 101 cm³/mol. The quantitative estimate of drug-likeness (QED) is 0.675. The van der Waals surface area contributed by atoms with Gasteiger partial charge >= 0.3 is 0 Å². The number of rotatable bonds is 4. The van der Waals surface area contributed by atoms with Gasteiger partial charge in [0.05, 0.1) is 12.4 Å². The van der Waals surface area contributed by atoms with E-state index in [4.69, 9.17) is 5.10 Å². The molecule has 2 aliphatic rings. The van der Waals surface area contributed by atoms with Crippen LogP contribution in [0.25, 0.3) is 5.65 Å². The average molecular weight is 366 g/mol. The zero-order chi connectivity index (χ0) is 18.5. The molecule has 0 bridgehead atoms. The second-order valence-electron chi connectivity index (χ2n) is 7.51. The Kier molecular flexibility index (Phi) is 3.63. The number of likely N-dealkylation sites (N-methyl/N-ethyl adjacent to an activating group) is 1. The van der Waals surface area contributed by atoms with Gasteiger partial charge in [-0.2, -0.15) is 4.52 Å². The monoisotopic (exact) mass is 366 g/mol. The molecule has 0 amide bonds. The zero-order valence-electron chi connectivity index (χ0n) is 15.5. The van der Waals surface area contributed by atoms with Crippen molar-refractivity contribution in [1.82, 2.24) is 29.4 Å². The van der Waals surface area contributed by atoms with E-state index in [0.717, 1.165) is 30.4 Å². The molecular weight excluding hydrogens is 344 g/mol. The van der Waals surface area contributed by atoms with Crippen LogP contribution in [0.4, 0.5) is 11.6 Å². The molecule has 1 aliphatic carbocycles. The largest absolute Gasteiger partial charge is 0.353 e. The number of hydrogen-bond donors (Lipinski definition) is 0. The molecule has 0 N–H and O–H groups in total. The minimum Gasteiger partial charge on any atom is -0.353 e. The predicted octanol–water partition coefficient (Wildman–Crippen LogP) is 0.810. The van der Waals surface area contributed by atoms with Crippen molar-refractivity contribution in [1.29, 1.82) is 0 Å². The van der Waals surface area contributed by atoms with E-state index >= 15 is 0 Å². The van der Waals surface area contributed by atoms with Gasteiger partial charge in [0.1, 0.15) is 11.6 Å². The van der Waals surface area contributed by atoms with E-state index < -0.39 is 0 Å². The van der Waals surface area contributed by atoms with E-state index in [1.54, 1.807) is 19.4 Å². The van der Waals surface area contributed by atoms with Crippen LogP contribution >= 0.6 is 0 Å². The Morgan fingerprint density at radius 2 is 2.00 bits per heavy atom. The molecule has 1 saturated heterocycles. The van der Waals surface area contributed by atoms with Crippen molar-refractivity contribution in [2.75, 3.05) is 29.9 Å². The first kappa shape index (κ1) is 16.2. The molecule has 4 heterocycles. The molecule has 9 nitrogen and oxygen atoms in total. The summed E-state index contributed by atoms with van der Waals surface area (Å²) in [6, 6.07) is 5.86. The lowest BCUT2D eigenvalue weighted by molar-refractivity contribution is 0.394. The number of fused-ring (bicyclic) bond motifs is 1. The van der Waals surface area contributed by atoms with E-state index in [9.17, 15) is 4.79 Å². The van der Waals surface area contributed by atoms with Crippen molar-refractivity contribution in [3.05, 3.63) is 40.7 Å². The second-order valence-corrected chi connectivity index (χ2v) is 7.51. The molecule has 27 heavy (non-hydrogen) atoms. The standard InChI is InChI=1S/C18H22N8O/c1-23-11-19-16(8-17(23)27)24(2)13-9-25(10-13)15-7-6-14-20-21-18(26(14)22-15)12-4-3-5-12/h6-8,11-13H,3-5,9-10H2,1-2H3. The van der Waals surface area contributed by atoms with E-state index in [1.165, 1.54) is 23.8 Å². The summed E-state index contributed by atoms with van der Waals surface area (Å²) in [6.07, 6.45) is 5.17. The average Bonchev–Trinajstić information content (AvgIpc) is 2.97. The summed E-state index contributed by atoms with van der Waals surface area (Å²) in [4.78, 5) is 20.5. The fourth-order valence-corrected chi connectivity index (χ4v) is 3.60. The summed E-state index contributed by atoms with van der Waals surface area (Å²) in [5.41, 5.74) is 0.755. The van der Waals surface area contributed by atoms with Gasteiger partial charge in [0.25, 0.3) is 5.56 Å². The number of anilines is 2. The number of aryl methyl sites for hydroxylation is 1. The van der Waals surface area contributed by atoms with Gasteiger partial charge in [0.2, 0.25) is 0 Å². The second kappa shape index (κ2) is 6.04. The number of nitrogens with zero attached hydrogens (tertiary/aromatic N) is 8. The first-order chi connectivity index (χ1) is 13.1. The molecule has 0 atom stereocenters. The normalized spacial score (nSPS) is 17.8. The highest BCUT2D eigenvalue weighted by molar-refractivity contribution is 5.50. The molecular formula is C18H22N8O. The summed E-state index contributed by atoms with van der Waals surface area (Å²) >= 11 is 0. The lowest BCUT2D eigenvalue weighted by Crippen LogP contribution is -2.59. The van der Waals surface area contributed by atoms with Gasteiger partial charge in [-0.1, -0.05) is 6.42 Å². The molecule has 1 saturated carbocycles. The molecule has 0 radical (unpaired) electrons. The van der Waals surface area contributed by atoms with Crippen molar-refractivity contribution < 1.29 is 0 Å². The van der Waals surface area contributed by atoms with Crippen molar-refractivity contribution in [2.45, 2.75) is 31.2 Å². The van der Waals surface area contributed by atoms with Gasteiger partial charge in [0.15, 0.2) is 11.5 Å². The summed E-state index contributed by atoms with van der Waals surface area (Å²) < 4.78 is 3.38. The molecule has 1 aliphatic heterocycles. The Hall–Kier alpha value is -2.97. The third-order valence-corrected chi connectivity index (χ3v) is 5.80. The fourth-order valence-electron chi connectivity index (χ4n) is 3.60. The fraction of sp³-hybridized carbons (Fsp3) is 0.500. The Morgan fingerprint density at radius 1 is 1.19 bits per heavy atom. The first-order valence-electron chi connectivity index (χ1n) is 9.33. The Labute approximate surface area is 156 Å². The molecule has 0 unspecified atom stereocenters. The highest BCUT2D eigenvalue weighted by atomic mass is 16.1. The maximum atomic E-state index is 11.8. The van der Waals surface area contributed by atoms with Gasteiger partial charge < -0.3 is 14.4 Å². The Bertz CT molecular complexity index is 1050.